The van der Waals surface area contributed by atoms with Crippen molar-refractivity contribution in [2.24, 2.45) is 0 Å². The van der Waals surface area contributed by atoms with Gasteiger partial charge in [0.05, 0.1) is 22.1 Å². The average molecular weight is 743 g/mol. The first kappa shape index (κ1) is 32.1. The van der Waals surface area contributed by atoms with E-state index in [1.807, 2.05) is 11.3 Å². The van der Waals surface area contributed by atoms with Crippen molar-refractivity contribution in [1.29, 1.82) is 0 Å². The highest BCUT2D eigenvalue weighted by molar-refractivity contribution is 7.25. The number of hydrogen-bond acceptors (Lipinski definition) is 1. The zero-order chi connectivity index (χ0) is 37.5. The quantitative estimate of drug-likeness (QED) is 0.166. The summed E-state index contributed by atoms with van der Waals surface area (Å²) in [4.78, 5) is 0. The van der Waals surface area contributed by atoms with Gasteiger partial charge in [-0.05, 0) is 106 Å². The minimum absolute atomic E-state index is 1.15. The number of hydrogen-bond donors (Lipinski definition) is 0. The number of fused-ring (bicyclic) bond motifs is 9. The van der Waals surface area contributed by atoms with E-state index < -0.39 is 0 Å². The van der Waals surface area contributed by atoms with Crippen LogP contribution in [0.3, 0.4) is 0 Å². The van der Waals surface area contributed by atoms with Gasteiger partial charge in [-0.2, -0.15) is 0 Å². The smallest absolute Gasteiger partial charge is 0.0547 e. The van der Waals surface area contributed by atoms with Gasteiger partial charge in [-0.1, -0.05) is 133 Å². The summed E-state index contributed by atoms with van der Waals surface area (Å²) in [6.45, 7) is 0. The number of nitrogens with zero attached hydrogens (tertiary/aromatic N) is 2. The van der Waals surface area contributed by atoms with Gasteiger partial charge in [0.2, 0.25) is 0 Å². The van der Waals surface area contributed by atoms with Crippen LogP contribution in [0.5, 0.6) is 0 Å². The van der Waals surface area contributed by atoms with Crippen LogP contribution in [-0.2, 0) is 0 Å². The molecule has 0 radical (unpaired) electrons. The molecule has 57 heavy (non-hydrogen) atoms. The Morgan fingerprint density at radius 2 is 0.754 bits per heavy atom. The first-order chi connectivity index (χ1) is 28.2. The Labute approximate surface area is 333 Å². The molecule has 0 atom stereocenters. The number of aromatic nitrogens is 2. The van der Waals surface area contributed by atoms with Crippen LogP contribution in [0.25, 0.3) is 109 Å². The van der Waals surface area contributed by atoms with Gasteiger partial charge in [0.1, 0.15) is 0 Å². The molecule has 0 N–H and O–H groups in total. The van der Waals surface area contributed by atoms with E-state index in [-0.39, 0.29) is 0 Å². The Morgan fingerprint density at radius 3 is 1.49 bits per heavy atom. The molecule has 0 saturated carbocycles. The summed E-state index contributed by atoms with van der Waals surface area (Å²) in [5, 5.41) is 7.63. The summed E-state index contributed by atoms with van der Waals surface area (Å²) >= 11 is 1.86. The van der Waals surface area contributed by atoms with Crippen molar-refractivity contribution >= 4 is 75.1 Å². The normalized spacial score (nSPS) is 11.9. The molecule has 0 aliphatic heterocycles. The SMILES string of the molecule is c1ccc(-c2cccc(-n3c4ccc(-c5ccc6c(c5)c5ccccc5n6-c5ccc6sc7ccccc7c6c5)cc4c4ccc(-c5ccccc5)cc43)c2)cc1. The van der Waals surface area contributed by atoms with Crippen LogP contribution in [0.15, 0.2) is 206 Å². The Balaban J connectivity index is 1.04. The van der Waals surface area contributed by atoms with Crippen molar-refractivity contribution < 1.29 is 0 Å². The summed E-state index contributed by atoms with van der Waals surface area (Å²) in [6, 6.07) is 75.7. The highest BCUT2D eigenvalue weighted by Crippen LogP contribution is 2.41. The van der Waals surface area contributed by atoms with Crippen LogP contribution >= 0.6 is 11.3 Å². The minimum Gasteiger partial charge on any atom is -0.309 e. The molecule has 0 amide bonds. The van der Waals surface area contributed by atoms with Crippen LogP contribution in [-0.4, -0.2) is 9.13 Å². The fourth-order valence-corrected chi connectivity index (χ4v) is 10.1. The van der Waals surface area contributed by atoms with Gasteiger partial charge in [-0.15, -0.1) is 11.3 Å². The van der Waals surface area contributed by atoms with Gasteiger partial charge >= 0.3 is 0 Å². The standard InChI is InChI=1S/C54H34N2S/c1-3-12-35(13-4-1)37-16-11-17-41(30-37)56-51-28-24-39(32-47(51)44-26-22-40(33-52(44)56)36-14-5-2-6-15-36)38-23-27-50-46(31-38)43-18-7-9-20-49(43)55(50)42-25-29-54-48(34-42)45-19-8-10-21-53(45)57-54/h1-34H. The lowest BCUT2D eigenvalue weighted by atomic mass is 9.99. The predicted molar refractivity (Wildman–Crippen MR) is 244 cm³/mol. The molecule has 3 heteroatoms. The lowest BCUT2D eigenvalue weighted by molar-refractivity contribution is 1.18. The lowest BCUT2D eigenvalue weighted by Gasteiger charge is -2.12. The average Bonchev–Trinajstić information content (AvgIpc) is 3.93. The maximum Gasteiger partial charge on any atom is 0.0547 e. The van der Waals surface area contributed by atoms with Crippen molar-refractivity contribution in [2.75, 3.05) is 0 Å². The van der Waals surface area contributed by atoms with E-state index in [0.29, 0.717) is 0 Å². The van der Waals surface area contributed by atoms with Gasteiger partial charge in [-0.25, -0.2) is 0 Å². The zero-order valence-corrected chi connectivity index (χ0v) is 31.7. The van der Waals surface area contributed by atoms with E-state index in [1.54, 1.807) is 0 Å². The largest absolute Gasteiger partial charge is 0.309 e. The number of benzene rings is 9. The second-order valence-electron chi connectivity index (χ2n) is 14.9. The molecular weight excluding hydrogens is 709 g/mol. The molecule has 0 aliphatic rings. The lowest BCUT2D eigenvalue weighted by Crippen LogP contribution is -1.95. The molecule has 12 rings (SSSR count). The zero-order valence-electron chi connectivity index (χ0n) is 30.9. The highest BCUT2D eigenvalue weighted by Gasteiger charge is 2.18. The third-order valence-electron chi connectivity index (χ3n) is 11.7. The Morgan fingerprint density at radius 1 is 0.246 bits per heavy atom. The molecule has 3 aromatic heterocycles. The summed E-state index contributed by atoms with van der Waals surface area (Å²) in [7, 11) is 0. The van der Waals surface area contributed by atoms with Gasteiger partial charge in [0, 0.05) is 53.1 Å². The fraction of sp³-hybridized carbons (Fsp3) is 0. The van der Waals surface area contributed by atoms with E-state index in [4.69, 9.17) is 0 Å². The summed E-state index contributed by atoms with van der Waals surface area (Å²) in [5.41, 5.74) is 14.4. The molecule has 0 saturated heterocycles. The first-order valence-corrected chi connectivity index (χ1v) is 20.3. The van der Waals surface area contributed by atoms with E-state index in [2.05, 4.69) is 215 Å². The molecular formula is C54H34N2S. The molecule has 0 unspecified atom stereocenters. The van der Waals surface area contributed by atoms with Crippen molar-refractivity contribution in [2.45, 2.75) is 0 Å². The van der Waals surface area contributed by atoms with Crippen molar-refractivity contribution in [3.8, 4) is 44.8 Å². The van der Waals surface area contributed by atoms with Crippen LogP contribution in [0.4, 0.5) is 0 Å². The maximum absolute atomic E-state index is 2.44. The summed E-state index contributed by atoms with van der Waals surface area (Å²) in [5.74, 6) is 0. The van der Waals surface area contributed by atoms with Crippen LogP contribution in [0.1, 0.15) is 0 Å². The third kappa shape index (κ3) is 5.10. The molecule has 0 bridgehead atoms. The van der Waals surface area contributed by atoms with Gasteiger partial charge < -0.3 is 9.13 Å². The van der Waals surface area contributed by atoms with Crippen LogP contribution in [0, 0.1) is 0 Å². The van der Waals surface area contributed by atoms with Crippen molar-refractivity contribution in [1.82, 2.24) is 9.13 Å². The molecule has 3 heterocycles. The minimum atomic E-state index is 1.15. The fourth-order valence-electron chi connectivity index (χ4n) is 9.03. The monoisotopic (exact) mass is 742 g/mol. The maximum atomic E-state index is 2.44. The van der Waals surface area contributed by atoms with E-state index >= 15 is 0 Å². The van der Waals surface area contributed by atoms with Gasteiger partial charge in [0.25, 0.3) is 0 Å². The molecule has 0 aliphatic carbocycles. The molecule has 2 nitrogen and oxygen atoms in total. The van der Waals surface area contributed by atoms with E-state index in [0.717, 1.165) is 5.69 Å². The van der Waals surface area contributed by atoms with Crippen molar-refractivity contribution in [3.63, 3.8) is 0 Å². The van der Waals surface area contributed by atoms with Gasteiger partial charge in [-0.3, -0.25) is 0 Å². The third-order valence-corrected chi connectivity index (χ3v) is 12.9. The predicted octanol–water partition coefficient (Wildman–Crippen LogP) is 15.2. The second-order valence-corrected chi connectivity index (χ2v) is 16.0. The topological polar surface area (TPSA) is 9.86 Å². The molecule has 0 spiro atoms. The number of para-hydroxylation sites is 1. The number of thiophene rings is 1. The highest BCUT2D eigenvalue weighted by atomic mass is 32.1. The van der Waals surface area contributed by atoms with Gasteiger partial charge in [0.15, 0.2) is 0 Å². The Bertz CT molecular complexity index is 3510. The number of rotatable bonds is 5. The van der Waals surface area contributed by atoms with Crippen LogP contribution in [0.2, 0.25) is 0 Å². The molecule has 266 valence electrons. The first-order valence-electron chi connectivity index (χ1n) is 19.5. The van der Waals surface area contributed by atoms with Crippen LogP contribution < -0.4 is 0 Å². The van der Waals surface area contributed by atoms with E-state index in [1.165, 1.54) is 103 Å². The summed E-state index contributed by atoms with van der Waals surface area (Å²) in [6.07, 6.45) is 0. The molecule has 12 aromatic rings. The Kier molecular flexibility index (Phi) is 7.13. The van der Waals surface area contributed by atoms with Crippen molar-refractivity contribution in [3.05, 3.63) is 206 Å². The Hall–Kier alpha value is -7.20. The molecule has 0 fully saturated rings. The summed E-state index contributed by atoms with van der Waals surface area (Å²) < 4.78 is 7.52. The second kappa shape index (κ2) is 12.7. The van der Waals surface area contributed by atoms with E-state index in [9.17, 15) is 0 Å². The molecule has 9 aromatic carbocycles.